The third kappa shape index (κ3) is 2.80. The fourth-order valence-corrected chi connectivity index (χ4v) is 1.82. The summed E-state index contributed by atoms with van der Waals surface area (Å²) in [7, 11) is 2.02. The Hall–Kier alpha value is -0.0800. The van der Waals surface area contributed by atoms with Crippen LogP contribution in [0, 0.1) is 5.92 Å². The molecule has 0 aromatic carbocycles. The highest BCUT2D eigenvalue weighted by Crippen LogP contribution is 2.27. The molecule has 1 aliphatic rings. The molecule has 1 heterocycles. The van der Waals surface area contributed by atoms with Gasteiger partial charge in [0, 0.05) is 6.61 Å². The predicted molar refractivity (Wildman–Crippen MR) is 46.7 cm³/mol. The standard InChI is InChI=1S/C9H19NO/c1-9(2)6-8(7-10-3)4-5-11-9/h8,10H,4-7H2,1-3H3. The van der Waals surface area contributed by atoms with Gasteiger partial charge in [-0.25, -0.2) is 0 Å². The highest BCUT2D eigenvalue weighted by atomic mass is 16.5. The molecule has 0 aliphatic carbocycles. The first-order valence-corrected chi connectivity index (χ1v) is 4.42. The molecule has 2 heteroatoms. The molecular weight excluding hydrogens is 138 g/mol. The van der Waals surface area contributed by atoms with Gasteiger partial charge in [0.05, 0.1) is 5.60 Å². The Morgan fingerprint density at radius 1 is 1.55 bits per heavy atom. The van der Waals surface area contributed by atoms with Gasteiger partial charge < -0.3 is 10.1 Å². The van der Waals surface area contributed by atoms with Gasteiger partial charge in [-0.05, 0) is 46.2 Å². The second kappa shape index (κ2) is 3.55. The fourth-order valence-electron chi connectivity index (χ4n) is 1.82. The summed E-state index contributed by atoms with van der Waals surface area (Å²) in [6, 6.07) is 0. The molecule has 1 aliphatic heterocycles. The lowest BCUT2D eigenvalue weighted by molar-refractivity contribution is -0.0715. The van der Waals surface area contributed by atoms with E-state index in [0.29, 0.717) is 0 Å². The molecule has 66 valence electrons. The molecule has 1 unspecified atom stereocenters. The van der Waals surface area contributed by atoms with Crippen molar-refractivity contribution in [2.24, 2.45) is 5.92 Å². The average Bonchev–Trinajstić information content (AvgIpc) is 1.85. The maximum Gasteiger partial charge on any atom is 0.0629 e. The van der Waals surface area contributed by atoms with Gasteiger partial charge in [-0.15, -0.1) is 0 Å². The number of nitrogens with one attached hydrogen (secondary N) is 1. The first kappa shape index (κ1) is 9.01. The van der Waals surface area contributed by atoms with Gasteiger partial charge in [0.1, 0.15) is 0 Å². The molecule has 1 atom stereocenters. The van der Waals surface area contributed by atoms with Crippen LogP contribution >= 0.6 is 0 Å². The summed E-state index contributed by atoms with van der Waals surface area (Å²) in [5.74, 6) is 0.809. The lowest BCUT2D eigenvalue weighted by Crippen LogP contribution is -2.37. The van der Waals surface area contributed by atoms with Crippen LogP contribution < -0.4 is 5.32 Å². The molecule has 1 fully saturated rings. The predicted octanol–water partition coefficient (Wildman–Crippen LogP) is 1.41. The van der Waals surface area contributed by atoms with E-state index in [1.165, 1.54) is 12.8 Å². The fraction of sp³-hybridized carbons (Fsp3) is 1.00. The largest absolute Gasteiger partial charge is 0.376 e. The molecule has 0 aromatic rings. The summed E-state index contributed by atoms with van der Waals surface area (Å²) >= 11 is 0. The minimum atomic E-state index is 0.111. The Morgan fingerprint density at radius 3 is 2.82 bits per heavy atom. The van der Waals surface area contributed by atoms with Crippen LogP contribution in [-0.2, 0) is 4.74 Å². The molecule has 1 N–H and O–H groups in total. The normalized spacial score (nSPS) is 30.3. The van der Waals surface area contributed by atoms with Crippen LogP contribution in [0.3, 0.4) is 0 Å². The van der Waals surface area contributed by atoms with E-state index in [2.05, 4.69) is 19.2 Å². The van der Waals surface area contributed by atoms with E-state index in [1.54, 1.807) is 0 Å². The Morgan fingerprint density at radius 2 is 2.27 bits per heavy atom. The SMILES string of the molecule is CNCC1CCOC(C)(C)C1. The monoisotopic (exact) mass is 157 g/mol. The lowest BCUT2D eigenvalue weighted by Gasteiger charge is -2.35. The number of ether oxygens (including phenoxy) is 1. The minimum absolute atomic E-state index is 0.111. The molecule has 2 nitrogen and oxygen atoms in total. The van der Waals surface area contributed by atoms with Gasteiger partial charge >= 0.3 is 0 Å². The van der Waals surface area contributed by atoms with Gasteiger partial charge in [-0.1, -0.05) is 0 Å². The average molecular weight is 157 g/mol. The molecule has 0 aromatic heterocycles. The second-order valence-electron chi connectivity index (χ2n) is 4.02. The maximum atomic E-state index is 5.61. The first-order valence-electron chi connectivity index (χ1n) is 4.42. The smallest absolute Gasteiger partial charge is 0.0629 e. The van der Waals surface area contributed by atoms with Crippen LogP contribution in [0.1, 0.15) is 26.7 Å². The number of hydrogen-bond acceptors (Lipinski definition) is 2. The van der Waals surface area contributed by atoms with Crippen LogP contribution in [0.5, 0.6) is 0 Å². The summed E-state index contributed by atoms with van der Waals surface area (Å²) in [6.07, 6.45) is 2.40. The molecule has 0 spiro atoms. The van der Waals surface area contributed by atoms with E-state index in [9.17, 15) is 0 Å². The quantitative estimate of drug-likeness (QED) is 0.654. The van der Waals surface area contributed by atoms with Crippen molar-refractivity contribution in [3.8, 4) is 0 Å². The van der Waals surface area contributed by atoms with E-state index < -0.39 is 0 Å². The molecule has 0 amide bonds. The summed E-state index contributed by atoms with van der Waals surface area (Å²) in [5.41, 5.74) is 0.111. The second-order valence-corrected chi connectivity index (χ2v) is 4.02. The van der Waals surface area contributed by atoms with Gasteiger partial charge in [-0.2, -0.15) is 0 Å². The molecule has 0 radical (unpaired) electrons. The van der Waals surface area contributed by atoms with E-state index >= 15 is 0 Å². The molecule has 0 saturated carbocycles. The number of rotatable bonds is 2. The highest BCUT2D eigenvalue weighted by molar-refractivity contribution is 4.79. The topological polar surface area (TPSA) is 21.3 Å². The molecule has 1 saturated heterocycles. The highest BCUT2D eigenvalue weighted by Gasteiger charge is 2.27. The van der Waals surface area contributed by atoms with Crippen LogP contribution in [0.2, 0.25) is 0 Å². The lowest BCUT2D eigenvalue weighted by atomic mass is 9.88. The van der Waals surface area contributed by atoms with E-state index in [4.69, 9.17) is 4.74 Å². The van der Waals surface area contributed by atoms with Crippen molar-refractivity contribution >= 4 is 0 Å². The summed E-state index contributed by atoms with van der Waals surface area (Å²) < 4.78 is 5.61. The van der Waals surface area contributed by atoms with Gasteiger partial charge in [-0.3, -0.25) is 0 Å². The van der Waals surface area contributed by atoms with E-state index in [0.717, 1.165) is 19.1 Å². The Bertz CT molecular complexity index is 121. The van der Waals surface area contributed by atoms with Crippen molar-refractivity contribution < 1.29 is 4.74 Å². The van der Waals surface area contributed by atoms with Crippen molar-refractivity contribution in [3.05, 3.63) is 0 Å². The van der Waals surface area contributed by atoms with Crippen molar-refractivity contribution in [1.82, 2.24) is 5.32 Å². The Balaban J connectivity index is 2.34. The maximum absolute atomic E-state index is 5.61. The zero-order valence-electron chi connectivity index (χ0n) is 7.81. The number of hydrogen-bond donors (Lipinski definition) is 1. The van der Waals surface area contributed by atoms with Crippen LogP contribution in [-0.4, -0.2) is 25.8 Å². The zero-order valence-corrected chi connectivity index (χ0v) is 7.81. The molecule has 0 bridgehead atoms. The van der Waals surface area contributed by atoms with Crippen molar-refractivity contribution in [2.75, 3.05) is 20.2 Å². The molecule has 1 rings (SSSR count). The Kier molecular flexibility index (Phi) is 2.90. The third-order valence-corrected chi connectivity index (χ3v) is 2.29. The minimum Gasteiger partial charge on any atom is -0.376 e. The van der Waals surface area contributed by atoms with Crippen molar-refractivity contribution in [3.63, 3.8) is 0 Å². The van der Waals surface area contributed by atoms with Crippen LogP contribution in [0.15, 0.2) is 0 Å². The summed E-state index contributed by atoms with van der Waals surface area (Å²) in [6.45, 7) is 6.41. The molecule has 11 heavy (non-hydrogen) atoms. The van der Waals surface area contributed by atoms with Crippen LogP contribution in [0.25, 0.3) is 0 Å². The first-order chi connectivity index (χ1) is 5.14. The molecular formula is C9H19NO. The van der Waals surface area contributed by atoms with Gasteiger partial charge in [0.15, 0.2) is 0 Å². The zero-order chi connectivity index (χ0) is 8.32. The van der Waals surface area contributed by atoms with Gasteiger partial charge in [0.2, 0.25) is 0 Å². The third-order valence-electron chi connectivity index (χ3n) is 2.29. The van der Waals surface area contributed by atoms with Crippen molar-refractivity contribution in [2.45, 2.75) is 32.3 Å². The Labute approximate surface area is 69.3 Å². The van der Waals surface area contributed by atoms with Crippen LogP contribution in [0.4, 0.5) is 0 Å². The van der Waals surface area contributed by atoms with E-state index in [1.807, 2.05) is 7.05 Å². The summed E-state index contributed by atoms with van der Waals surface area (Å²) in [4.78, 5) is 0. The summed E-state index contributed by atoms with van der Waals surface area (Å²) in [5, 5.41) is 3.22. The van der Waals surface area contributed by atoms with Gasteiger partial charge in [0.25, 0.3) is 0 Å². The van der Waals surface area contributed by atoms with E-state index in [-0.39, 0.29) is 5.60 Å². The van der Waals surface area contributed by atoms with Crippen molar-refractivity contribution in [1.29, 1.82) is 0 Å².